The number of likely N-dealkylation sites (tertiary alicyclic amines) is 1. The van der Waals surface area contributed by atoms with E-state index in [2.05, 4.69) is 0 Å². The van der Waals surface area contributed by atoms with Crippen LogP contribution in [0, 0.1) is 0 Å². The Labute approximate surface area is 134 Å². The molecule has 2 fully saturated rings. The summed E-state index contributed by atoms with van der Waals surface area (Å²) in [5.74, 6) is -0.0924. The Bertz CT molecular complexity index is 605. The van der Waals surface area contributed by atoms with Gasteiger partial charge in [0.2, 0.25) is 5.91 Å². The summed E-state index contributed by atoms with van der Waals surface area (Å²) in [6.07, 6.45) is 3.08. The van der Waals surface area contributed by atoms with Crippen molar-refractivity contribution >= 4 is 29.1 Å². The number of anilines is 1. The van der Waals surface area contributed by atoms with Gasteiger partial charge < -0.3 is 14.9 Å². The van der Waals surface area contributed by atoms with Crippen LogP contribution in [0.4, 0.5) is 5.69 Å². The van der Waals surface area contributed by atoms with E-state index in [-0.39, 0.29) is 24.5 Å². The average molecular weight is 323 g/mol. The molecule has 2 saturated heterocycles. The molecule has 0 aromatic heterocycles. The number of hydrogen-bond acceptors (Lipinski definition) is 3. The molecule has 2 aliphatic rings. The van der Waals surface area contributed by atoms with E-state index in [9.17, 15) is 14.7 Å². The molecule has 0 saturated carbocycles. The predicted octanol–water partition coefficient (Wildman–Crippen LogP) is 2.06. The summed E-state index contributed by atoms with van der Waals surface area (Å²) in [5.41, 5.74) is 1.12. The molecule has 0 spiro atoms. The summed E-state index contributed by atoms with van der Waals surface area (Å²) in [6.45, 7) is 1.28. The van der Waals surface area contributed by atoms with Gasteiger partial charge in [-0.05, 0) is 37.5 Å². The van der Waals surface area contributed by atoms with Crippen LogP contribution in [0.5, 0.6) is 0 Å². The number of aliphatic hydroxyl groups is 1. The highest BCUT2D eigenvalue weighted by molar-refractivity contribution is 6.34. The molecule has 2 aliphatic heterocycles. The summed E-state index contributed by atoms with van der Waals surface area (Å²) < 4.78 is 0. The van der Waals surface area contributed by atoms with E-state index in [1.165, 1.54) is 0 Å². The molecule has 0 bridgehead atoms. The van der Waals surface area contributed by atoms with Gasteiger partial charge in [-0.1, -0.05) is 11.6 Å². The maximum absolute atomic E-state index is 12.7. The molecule has 1 N–H and O–H groups in total. The summed E-state index contributed by atoms with van der Waals surface area (Å²) >= 11 is 6.19. The molecule has 1 atom stereocenters. The second-order valence-electron chi connectivity index (χ2n) is 5.79. The van der Waals surface area contributed by atoms with E-state index < -0.39 is 0 Å². The van der Waals surface area contributed by atoms with Gasteiger partial charge in [-0.2, -0.15) is 0 Å². The average Bonchev–Trinajstić information content (AvgIpc) is 3.15. The molecule has 1 aromatic carbocycles. The Balaban J connectivity index is 1.89. The molecule has 2 heterocycles. The van der Waals surface area contributed by atoms with Crippen LogP contribution in [0.2, 0.25) is 5.02 Å². The topological polar surface area (TPSA) is 60.9 Å². The molecule has 0 unspecified atom stereocenters. The van der Waals surface area contributed by atoms with E-state index in [1.54, 1.807) is 28.0 Å². The highest BCUT2D eigenvalue weighted by Gasteiger charge is 2.30. The fourth-order valence-electron chi connectivity index (χ4n) is 3.21. The first-order chi connectivity index (χ1) is 10.6. The number of hydrogen-bond donors (Lipinski definition) is 1. The maximum Gasteiger partial charge on any atom is 0.255 e. The molecule has 6 heteroatoms. The van der Waals surface area contributed by atoms with Crippen LogP contribution in [0.15, 0.2) is 18.2 Å². The van der Waals surface area contributed by atoms with Crippen molar-refractivity contribution in [3.63, 3.8) is 0 Å². The van der Waals surface area contributed by atoms with E-state index in [0.717, 1.165) is 24.9 Å². The molecule has 2 amide bonds. The van der Waals surface area contributed by atoms with E-state index in [1.807, 2.05) is 0 Å². The minimum atomic E-state index is -0.171. The Hall–Kier alpha value is -1.59. The Morgan fingerprint density at radius 1 is 1.32 bits per heavy atom. The van der Waals surface area contributed by atoms with Crippen molar-refractivity contribution in [1.29, 1.82) is 0 Å². The summed E-state index contributed by atoms with van der Waals surface area (Å²) in [4.78, 5) is 27.9. The largest absolute Gasteiger partial charge is 0.394 e. The van der Waals surface area contributed by atoms with Gasteiger partial charge in [0.15, 0.2) is 0 Å². The number of rotatable bonds is 3. The summed E-state index contributed by atoms with van der Waals surface area (Å²) in [7, 11) is 0. The van der Waals surface area contributed by atoms with Crippen LogP contribution in [0.25, 0.3) is 0 Å². The molecule has 118 valence electrons. The van der Waals surface area contributed by atoms with Crippen LogP contribution < -0.4 is 4.90 Å². The first kappa shape index (κ1) is 15.3. The Kier molecular flexibility index (Phi) is 4.36. The molecule has 5 nitrogen and oxygen atoms in total. The third kappa shape index (κ3) is 2.71. The Morgan fingerprint density at radius 3 is 2.82 bits per heavy atom. The molecule has 0 aliphatic carbocycles. The van der Waals surface area contributed by atoms with Gasteiger partial charge in [0, 0.05) is 25.2 Å². The van der Waals surface area contributed by atoms with Crippen LogP contribution in [-0.4, -0.2) is 47.6 Å². The summed E-state index contributed by atoms with van der Waals surface area (Å²) in [5, 5.41) is 9.76. The van der Waals surface area contributed by atoms with E-state index in [0.29, 0.717) is 30.1 Å². The number of aliphatic hydroxyl groups excluding tert-OH is 1. The van der Waals surface area contributed by atoms with Crippen LogP contribution >= 0.6 is 11.6 Å². The number of halogens is 1. The van der Waals surface area contributed by atoms with Gasteiger partial charge in [-0.15, -0.1) is 0 Å². The quantitative estimate of drug-likeness (QED) is 0.926. The molecular weight excluding hydrogens is 304 g/mol. The minimum Gasteiger partial charge on any atom is -0.394 e. The minimum absolute atomic E-state index is 0.0341. The van der Waals surface area contributed by atoms with Gasteiger partial charge in [0.1, 0.15) is 0 Å². The third-order valence-corrected chi connectivity index (χ3v) is 4.74. The van der Waals surface area contributed by atoms with Crippen molar-refractivity contribution in [2.75, 3.05) is 24.6 Å². The first-order valence-corrected chi connectivity index (χ1v) is 8.01. The predicted molar refractivity (Wildman–Crippen MR) is 84.2 cm³/mol. The number of carbonyl (C=O) groups excluding carboxylic acids is 2. The monoisotopic (exact) mass is 322 g/mol. The zero-order valence-electron chi connectivity index (χ0n) is 12.3. The van der Waals surface area contributed by atoms with Crippen LogP contribution in [0.3, 0.4) is 0 Å². The highest BCUT2D eigenvalue weighted by Crippen LogP contribution is 2.29. The van der Waals surface area contributed by atoms with Crippen molar-refractivity contribution in [1.82, 2.24) is 4.90 Å². The fourth-order valence-corrected chi connectivity index (χ4v) is 3.41. The summed E-state index contributed by atoms with van der Waals surface area (Å²) in [6, 6.07) is 5.00. The normalized spacial score (nSPS) is 21.7. The number of amides is 2. The van der Waals surface area contributed by atoms with Crippen LogP contribution in [0.1, 0.15) is 36.0 Å². The van der Waals surface area contributed by atoms with Gasteiger partial charge in [0.05, 0.1) is 23.2 Å². The fraction of sp³-hybridized carbons (Fsp3) is 0.500. The van der Waals surface area contributed by atoms with Crippen molar-refractivity contribution in [2.24, 2.45) is 0 Å². The molecule has 3 rings (SSSR count). The maximum atomic E-state index is 12.7. The SMILES string of the molecule is O=C1CCCN1c1ccc(Cl)c(C(=O)N2CCC[C@@H]2CO)c1. The standard InChI is InChI=1S/C16H19ClN2O3/c17-14-6-5-11(18-7-2-4-15(18)21)9-13(14)16(22)19-8-1-3-12(19)10-20/h5-6,9,12,20H,1-4,7-8,10H2/t12-/m1/s1. The second kappa shape index (κ2) is 6.26. The first-order valence-electron chi connectivity index (χ1n) is 7.63. The lowest BCUT2D eigenvalue weighted by Gasteiger charge is -2.24. The lowest BCUT2D eigenvalue weighted by molar-refractivity contribution is -0.117. The van der Waals surface area contributed by atoms with E-state index >= 15 is 0 Å². The second-order valence-corrected chi connectivity index (χ2v) is 6.20. The van der Waals surface area contributed by atoms with E-state index in [4.69, 9.17) is 11.6 Å². The van der Waals surface area contributed by atoms with Gasteiger partial charge >= 0.3 is 0 Å². The van der Waals surface area contributed by atoms with Crippen molar-refractivity contribution in [3.05, 3.63) is 28.8 Å². The molecule has 0 radical (unpaired) electrons. The third-order valence-electron chi connectivity index (χ3n) is 4.41. The van der Waals surface area contributed by atoms with Gasteiger partial charge in [-0.25, -0.2) is 0 Å². The smallest absolute Gasteiger partial charge is 0.255 e. The lowest BCUT2D eigenvalue weighted by Crippen LogP contribution is -2.37. The number of benzene rings is 1. The van der Waals surface area contributed by atoms with Crippen molar-refractivity contribution in [3.8, 4) is 0 Å². The zero-order chi connectivity index (χ0) is 15.7. The van der Waals surface area contributed by atoms with Gasteiger partial charge in [0.25, 0.3) is 5.91 Å². The number of nitrogens with zero attached hydrogens (tertiary/aromatic N) is 2. The van der Waals surface area contributed by atoms with Crippen LogP contribution in [-0.2, 0) is 4.79 Å². The number of carbonyl (C=O) groups is 2. The van der Waals surface area contributed by atoms with Crippen molar-refractivity contribution in [2.45, 2.75) is 31.7 Å². The molecule has 1 aromatic rings. The molecule has 22 heavy (non-hydrogen) atoms. The van der Waals surface area contributed by atoms with Crippen molar-refractivity contribution < 1.29 is 14.7 Å². The lowest BCUT2D eigenvalue weighted by atomic mass is 10.1. The van der Waals surface area contributed by atoms with Gasteiger partial charge in [-0.3, -0.25) is 9.59 Å². The zero-order valence-corrected chi connectivity index (χ0v) is 13.1. The molecular formula is C16H19ClN2O3. The Morgan fingerprint density at radius 2 is 2.14 bits per heavy atom. The highest BCUT2D eigenvalue weighted by atomic mass is 35.5.